The molecule has 0 spiro atoms. The Balaban J connectivity index is 2.88. The minimum Gasteiger partial charge on any atom is -0.212 e. The third-order valence-electron chi connectivity index (χ3n) is 3.38. The highest BCUT2D eigenvalue weighted by Gasteiger charge is 2.29. The van der Waals surface area contributed by atoms with Gasteiger partial charge in [-0.05, 0) is 46.2 Å². The Bertz CT molecular complexity index is 763. The van der Waals surface area contributed by atoms with Gasteiger partial charge in [0.1, 0.15) is 0 Å². The van der Waals surface area contributed by atoms with Gasteiger partial charge in [-0.25, -0.2) is 21.6 Å². The van der Waals surface area contributed by atoms with Crippen LogP contribution in [0, 0.1) is 13.8 Å². The van der Waals surface area contributed by atoms with Crippen LogP contribution in [-0.2, 0) is 20.0 Å². The summed E-state index contributed by atoms with van der Waals surface area (Å²) in [5, 5.41) is 0. The number of hydrogen-bond acceptors (Lipinski definition) is 4. The molecule has 0 bridgehead atoms. The van der Waals surface area contributed by atoms with E-state index < -0.39 is 25.6 Å². The number of hydrogen-bond donors (Lipinski definition) is 1. The van der Waals surface area contributed by atoms with Crippen LogP contribution < -0.4 is 4.72 Å². The highest BCUT2D eigenvalue weighted by Crippen LogP contribution is 2.18. The van der Waals surface area contributed by atoms with E-state index in [4.69, 9.17) is 0 Å². The summed E-state index contributed by atoms with van der Waals surface area (Å²) in [7, 11) is -7.09. The summed E-state index contributed by atoms with van der Waals surface area (Å²) >= 11 is 0. The maximum absolute atomic E-state index is 12.4. The lowest BCUT2D eigenvalue weighted by molar-refractivity contribution is 0.254. The standard InChI is InChI=1S/C15H26N2O4S2/c1-12-7-8-14(13(2)11-12)23(20,21)16-9-10-17(15(3,4)5)22(6,18)19/h7-8,11,16H,9-10H2,1-6H3. The Labute approximate surface area is 140 Å². The summed E-state index contributed by atoms with van der Waals surface area (Å²) in [6, 6.07) is 5.09. The van der Waals surface area contributed by atoms with Crippen LogP contribution in [0.2, 0.25) is 0 Å². The summed E-state index contributed by atoms with van der Waals surface area (Å²) in [6.45, 7) is 9.03. The summed E-state index contributed by atoms with van der Waals surface area (Å²) in [6.07, 6.45) is 1.12. The maximum atomic E-state index is 12.4. The first-order chi connectivity index (χ1) is 10.2. The first kappa shape index (κ1) is 20.1. The Morgan fingerprint density at radius 2 is 1.65 bits per heavy atom. The van der Waals surface area contributed by atoms with Gasteiger partial charge in [-0.1, -0.05) is 17.7 Å². The fourth-order valence-electron chi connectivity index (χ4n) is 2.46. The minimum absolute atomic E-state index is 0.0139. The Hall–Kier alpha value is -0.960. The Kier molecular flexibility index (Phi) is 6.01. The molecule has 1 N–H and O–H groups in total. The molecule has 8 heteroatoms. The van der Waals surface area contributed by atoms with E-state index in [2.05, 4.69) is 4.72 Å². The van der Waals surface area contributed by atoms with Crippen molar-refractivity contribution in [3.05, 3.63) is 29.3 Å². The van der Waals surface area contributed by atoms with Gasteiger partial charge in [0.2, 0.25) is 20.0 Å². The molecule has 23 heavy (non-hydrogen) atoms. The van der Waals surface area contributed by atoms with Crippen molar-refractivity contribution in [2.75, 3.05) is 19.3 Å². The lowest BCUT2D eigenvalue weighted by Crippen LogP contribution is -2.48. The van der Waals surface area contributed by atoms with Crippen LogP contribution in [0.4, 0.5) is 0 Å². The first-order valence-corrected chi connectivity index (χ1v) is 10.6. The van der Waals surface area contributed by atoms with Crippen molar-refractivity contribution in [3.63, 3.8) is 0 Å². The van der Waals surface area contributed by atoms with Crippen molar-refractivity contribution in [1.29, 1.82) is 0 Å². The molecule has 1 aromatic carbocycles. The van der Waals surface area contributed by atoms with E-state index in [9.17, 15) is 16.8 Å². The lowest BCUT2D eigenvalue weighted by atomic mass is 10.1. The van der Waals surface area contributed by atoms with E-state index in [1.54, 1.807) is 45.9 Å². The predicted molar refractivity (Wildman–Crippen MR) is 92.4 cm³/mol. The third kappa shape index (κ3) is 5.56. The van der Waals surface area contributed by atoms with E-state index in [-0.39, 0.29) is 18.0 Å². The number of rotatable bonds is 6. The second-order valence-corrected chi connectivity index (χ2v) is 10.3. The van der Waals surface area contributed by atoms with Gasteiger partial charge in [0, 0.05) is 18.6 Å². The van der Waals surface area contributed by atoms with Crippen LogP contribution in [0.15, 0.2) is 23.1 Å². The van der Waals surface area contributed by atoms with Crippen molar-refractivity contribution in [2.24, 2.45) is 0 Å². The van der Waals surface area contributed by atoms with E-state index >= 15 is 0 Å². The van der Waals surface area contributed by atoms with Crippen molar-refractivity contribution in [1.82, 2.24) is 9.03 Å². The molecule has 0 radical (unpaired) electrons. The maximum Gasteiger partial charge on any atom is 0.240 e. The molecule has 1 aromatic rings. The van der Waals surface area contributed by atoms with Gasteiger partial charge >= 0.3 is 0 Å². The van der Waals surface area contributed by atoms with Gasteiger partial charge in [-0.3, -0.25) is 0 Å². The molecule has 0 aliphatic rings. The first-order valence-electron chi connectivity index (χ1n) is 7.30. The second-order valence-electron chi connectivity index (χ2n) is 6.67. The molecule has 132 valence electrons. The van der Waals surface area contributed by atoms with Crippen LogP contribution in [0.3, 0.4) is 0 Å². The largest absolute Gasteiger partial charge is 0.240 e. The number of sulfonamides is 2. The molecule has 0 saturated carbocycles. The molecule has 0 heterocycles. The molecular weight excluding hydrogens is 336 g/mol. The highest BCUT2D eigenvalue weighted by molar-refractivity contribution is 7.89. The average Bonchev–Trinajstić information content (AvgIpc) is 2.30. The quantitative estimate of drug-likeness (QED) is 0.834. The molecule has 0 saturated heterocycles. The molecular formula is C15H26N2O4S2. The van der Waals surface area contributed by atoms with Gasteiger partial charge < -0.3 is 0 Å². The van der Waals surface area contributed by atoms with Crippen LogP contribution in [0.5, 0.6) is 0 Å². The fraction of sp³-hybridized carbons (Fsp3) is 0.600. The predicted octanol–water partition coefficient (Wildman–Crippen LogP) is 1.64. The van der Waals surface area contributed by atoms with Gasteiger partial charge in [-0.15, -0.1) is 0 Å². The summed E-state index contributed by atoms with van der Waals surface area (Å²) in [4.78, 5) is 0.213. The molecule has 0 amide bonds. The van der Waals surface area contributed by atoms with Crippen molar-refractivity contribution in [3.8, 4) is 0 Å². The second kappa shape index (κ2) is 6.88. The Morgan fingerprint density at radius 1 is 1.09 bits per heavy atom. The summed E-state index contributed by atoms with van der Waals surface area (Å²) < 4.78 is 52.2. The molecule has 0 aromatic heterocycles. The third-order valence-corrected chi connectivity index (χ3v) is 6.53. The smallest absolute Gasteiger partial charge is 0.212 e. The van der Waals surface area contributed by atoms with Crippen LogP contribution in [0.25, 0.3) is 0 Å². The fourth-order valence-corrected chi connectivity index (χ4v) is 5.12. The van der Waals surface area contributed by atoms with Crippen LogP contribution >= 0.6 is 0 Å². The van der Waals surface area contributed by atoms with Crippen molar-refractivity contribution >= 4 is 20.0 Å². The zero-order valence-corrected chi connectivity index (χ0v) is 16.2. The SMILES string of the molecule is Cc1ccc(S(=O)(=O)NCCN(C(C)(C)C)S(C)(=O)=O)c(C)c1. The molecule has 0 unspecified atom stereocenters. The van der Waals surface area contributed by atoms with E-state index in [1.807, 2.05) is 6.92 Å². The van der Waals surface area contributed by atoms with E-state index in [0.29, 0.717) is 5.56 Å². The minimum atomic E-state index is -3.67. The van der Waals surface area contributed by atoms with E-state index in [1.165, 1.54) is 4.31 Å². The van der Waals surface area contributed by atoms with Crippen LogP contribution in [0.1, 0.15) is 31.9 Å². The monoisotopic (exact) mass is 362 g/mol. The number of nitrogens with one attached hydrogen (secondary N) is 1. The van der Waals surface area contributed by atoms with Crippen molar-refractivity contribution < 1.29 is 16.8 Å². The molecule has 0 fully saturated rings. The van der Waals surface area contributed by atoms with Gasteiger partial charge in [0.05, 0.1) is 11.2 Å². The molecule has 6 nitrogen and oxygen atoms in total. The highest BCUT2D eigenvalue weighted by atomic mass is 32.2. The molecule has 0 aliphatic carbocycles. The molecule has 0 atom stereocenters. The van der Waals surface area contributed by atoms with E-state index in [0.717, 1.165) is 11.8 Å². The summed E-state index contributed by atoms with van der Waals surface area (Å²) in [5.41, 5.74) is 1.03. The normalized spacial score (nSPS) is 13.5. The Morgan fingerprint density at radius 3 is 2.09 bits per heavy atom. The topological polar surface area (TPSA) is 83.6 Å². The zero-order chi connectivity index (χ0) is 18.1. The van der Waals surface area contributed by atoms with Crippen molar-refractivity contribution in [2.45, 2.75) is 45.1 Å². The summed E-state index contributed by atoms with van der Waals surface area (Å²) in [5.74, 6) is 0. The molecule has 0 aliphatic heterocycles. The number of benzene rings is 1. The number of nitrogens with zero attached hydrogens (tertiary/aromatic N) is 1. The zero-order valence-electron chi connectivity index (χ0n) is 14.5. The average molecular weight is 363 g/mol. The number of aryl methyl sites for hydroxylation is 2. The van der Waals surface area contributed by atoms with Gasteiger partial charge in [-0.2, -0.15) is 4.31 Å². The van der Waals surface area contributed by atoms with Gasteiger partial charge in [0.25, 0.3) is 0 Å². The van der Waals surface area contributed by atoms with Crippen LogP contribution in [-0.4, -0.2) is 46.0 Å². The molecule has 1 rings (SSSR count). The lowest BCUT2D eigenvalue weighted by Gasteiger charge is -2.33. The van der Waals surface area contributed by atoms with Gasteiger partial charge in [0.15, 0.2) is 0 Å².